The average Bonchev–Trinajstić information content (AvgIpc) is 2.67. The predicted molar refractivity (Wildman–Crippen MR) is 46.3 cm³/mol. The second-order valence-corrected chi connectivity index (χ2v) is 2.95. The molecule has 0 unspecified atom stereocenters. The van der Waals surface area contributed by atoms with E-state index in [9.17, 15) is 0 Å². The van der Waals surface area contributed by atoms with Gasteiger partial charge in [-0.15, -0.1) is 10.8 Å². The second kappa shape index (κ2) is 15.6. The summed E-state index contributed by atoms with van der Waals surface area (Å²) in [5, 5.41) is 9.78. The molecule has 0 nitrogen and oxygen atoms in total. The fraction of sp³-hybridized carbons (Fsp3) is 0. The van der Waals surface area contributed by atoms with Crippen LogP contribution in [-0.2, 0) is 17.1 Å². The third-order valence-corrected chi connectivity index (χ3v) is 1.89. The third kappa shape index (κ3) is 13.1. The zero-order chi connectivity index (χ0) is 7.07. The van der Waals surface area contributed by atoms with Gasteiger partial charge < -0.3 is 22.7 Å². The number of rotatable bonds is 0. The van der Waals surface area contributed by atoms with Crippen LogP contribution in [0.25, 0.3) is 0 Å². The van der Waals surface area contributed by atoms with E-state index >= 15 is 0 Å². The van der Waals surface area contributed by atoms with E-state index < -0.39 is 0 Å². The van der Waals surface area contributed by atoms with Crippen molar-refractivity contribution in [1.29, 1.82) is 0 Å². The summed E-state index contributed by atoms with van der Waals surface area (Å²) in [5.74, 6) is 0. The second-order valence-electron chi connectivity index (χ2n) is 1.46. The van der Waals surface area contributed by atoms with Gasteiger partial charge in [-0.25, -0.2) is 12.1 Å². The molecular weight excluding hydrogens is 238 g/mol. The Balaban J connectivity index is -0.000000125. The predicted octanol–water partition coefficient (Wildman–Crippen LogP) is -2.90. The Labute approximate surface area is 122 Å². The van der Waals surface area contributed by atoms with Crippen molar-refractivity contribution < 1.29 is 54.8 Å². The van der Waals surface area contributed by atoms with Crippen LogP contribution in [0.4, 0.5) is 0 Å². The molecule has 13 heavy (non-hydrogen) atoms. The molecule has 0 aliphatic carbocycles. The quantitative estimate of drug-likeness (QED) is 0.344. The fourth-order valence-electron chi connectivity index (χ4n) is 0.393. The Hall–Kier alpha value is 1.11. The Bertz CT molecular complexity index is 159. The summed E-state index contributed by atoms with van der Waals surface area (Å²) in [4.78, 5) is 0. The molecule has 1 radical (unpaired) electrons. The van der Waals surface area contributed by atoms with E-state index in [1.807, 2.05) is 35.0 Å². The summed E-state index contributed by atoms with van der Waals surface area (Å²) in [5.41, 5.74) is 0. The maximum absolute atomic E-state index is 2.90. The van der Waals surface area contributed by atoms with Crippen molar-refractivity contribution in [3.8, 4) is 0 Å². The molecule has 0 amide bonds. The number of hydrogen-bond donors (Lipinski definition) is 0. The molecule has 2 rings (SSSR count). The first kappa shape index (κ1) is 19.7. The molecule has 0 fully saturated rings. The van der Waals surface area contributed by atoms with Crippen molar-refractivity contribution in [2.24, 2.45) is 0 Å². The molecular formula is C8H6CuLi2S2. The van der Waals surface area contributed by atoms with Crippen molar-refractivity contribution in [3.63, 3.8) is 0 Å². The normalized spacial score (nSPS) is 6.15. The van der Waals surface area contributed by atoms with E-state index in [4.69, 9.17) is 0 Å². The molecule has 2 heterocycles. The molecule has 2 aromatic heterocycles. The Morgan fingerprint density at radius 3 is 1.23 bits per heavy atom. The van der Waals surface area contributed by atoms with Gasteiger partial charge in [0.2, 0.25) is 0 Å². The molecule has 0 saturated carbocycles. The Kier molecular flexibility index (Phi) is 23.6. The van der Waals surface area contributed by atoms with Crippen LogP contribution in [0.5, 0.6) is 0 Å². The standard InChI is InChI=1S/2C4H3S.Cu.2Li/c2*1-2-4-5-3-1;;;/h2*1-3H;;;/q2*-1;;2*+1. The molecule has 0 aromatic carbocycles. The minimum Gasteiger partial charge on any atom is -0.304 e. The van der Waals surface area contributed by atoms with Gasteiger partial charge >= 0.3 is 37.7 Å². The minimum absolute atomic E-state index is 0. The first-order valence-corrected chi connectivity index (χ1v) is 4.55. The van der Waals surface area contributed by atoms with Gasteiger partial charge in [0.15, 0.2) is 0 Å². The summed E-state index contributed by atoms with van der Waals surface area (Å²) >= 11 is 3.18. The van der Waals surface area contributed by atoms with Crippen molar-refractivity contribution in [1.82, 2.24) is 0 Å². The van der Waals surface area contributed by atoms with Gasteiger partial charge in [-0.2, -0.15) is 22.9 Å². The molecule has 0 atom stereocenters. The van der Waals surface area contributed by atoms with Crippen LogP contribution < -0.4 is 37.7 Å². The van der Waals surface area contributed by atoms with Crippen LogP contribution in [-0.4, -0.2) is 0 Å². The van der Waals surface area contributed by atoms with Crippen LogP contribution in [0, 0.1) is 10.8 Å². The van der Waals surface area contributed by atoms with E-state index in [0.717, 1.165) is 0 Å². The van der Waals surface area contributed by atoms with Gasteiger partial charge in [0, 0.05) is 17.1 Å². The molecule has 0 bridgehead atoms. The van der Waals surface area contributed by atoms with E-state index in [0.29, 0.717) is 0 Å². The van der Waals surface area contributed by atoms with Crippen molar-refractivity contribution in [2.45, 2.75) is 0 Å². The van der Waals surface area contributed by atoms with Crippen LogP contribution in [0.1, 0.15) is 0 Å². The summed E-state index contributed by atoms with van der Waals surface area (Å²) in [6.07, 6.45) is 0. The van der Waals surface area contributed by atoms with E-state index in [2.05, 4.69) is 10.8 Å². The molecule has 0 spiro atoms. The van der Waals surface area contributed by atoms with Gasteiger partial charge in [-0.1, -0.05) is 0 Å². The van der Waals surface area contributed by atoms with Crippen LogP contribution >= 0.6 is 22.7 Å². The van der Waals surface area contributed by atoms with E-state index in [-0.39, 0.29) is 54.8 Å². The van der Waals surface area contributed by atoms with Crippen LogP contribution in [0.15, 0.2) is 35.0 Å². The molecule has 5 heteroatoms. The number of thiophene rings is 2. The summed E-state index contributed by atoms with van der Waals surface area (Å²) in [6, 6.07) is 7.71. The first-order valence-electron chi connectivity index (χ1n) is 2.79. The zero-order valence-electron chi connectivity index (χ0n) is 7.58. The molecule has 0 saturated heterocycles. The van der Waals surface area contributed by atoms with Gasteiger partial charge in [0.05, 0.1) is 0 Å². The van der Waals surface area contributed by atoms with Crippen LogP contribution in [0.3, 0.4) is 0 Å². The van der Waals surface area contributed by atoms with E-state index in [1.54, 1.807) is 22.7 Å². The fourth-order valence-corrected chi connectivity index (χ4v) is 1.18. The average molecular weight is 244 g/mol. The zero-order valence-corrected chi connectivity index (χ0v) is 10.2. The first-order chi connectivity index (χ1) is 5.00. The monoisotopic (exact) mass is 243 g/mol. The maximum Gasteiger partial charge on any atom is 1.00 e. The van der Waals surface area contributed by atoms with Crippen molar-refractivity contribution >= 4 is 22.7 Å². The molecule has 2 aromatic rings. The van der Waals surface area contributed by atoms with Crippen LogP contribution in [0.2, 0.25) is 0 Å². The summed E-state index contributed by atoms with van der Waals surface area (Å²) in [6.45, 7) is 0. The van der Waals surface area contributed by atoms with Crippen molar-refractivity contribution in [3.05, 3.63) is 45.8 Å². The molecule has 0 aliphatic rings. The van der Waals surface area contributed by atoms with Gasteiger partial charge in [0.1, 0.15) is 0 Å². The molecule has 0 N–H and O–H groups in total. The van der Waals surface area contributed by atoms with Crippen molar-refractivity contribution in [2.75, 3.05) is 0 Å². The largest absolute Gasteiger partial charge is 1.00 e. The van der Waals surface area contributed by atoms with Gasteiger partial charge in [-0.3, -0.25) is 0 Å². The SMILES string of the molecule is [Cu].[Li+].[Li+].[c-]1cccs1.[c-]1cccs1. The summed E-state index contributed by atoms with van der Waals surface area (Å²) in [7, 11) is 0. The Morgan fingerprint density at radius 2 is 1.15 bits per heavy atom. The minimum atomic E-state index is 0. The molecule has 0 aliphatic heterocycles. The topological polar surface area (TPSA) is 0 Å². The Morgan fingerprint density at radius 1 is 0.769 bits per heavy atom. The third-order valence-electron chi connectivity index (χ3n) is 0.758. The van der Waals surface area contributed by atoms with E-state index in [1.165, 1.54) is 0 Å². The van der Waals surface area contributed by atoms with Gasteiger partial charge in [0.25, 0.3) is 0 Å². The smallest absolute Gasteiger partial charge is 0.304 e. The van der Waals surface area contributed by atoms with Gasteiger partial charge in [-0.05, 0) is 0 Å². The summed E-state index contributed by atoms with van der Waals surface area (Å²) < 4.78 is 0. The maximum atomic E-state index is 2.90. The molecule has 63 valence electrons. The number of hydrogen-bond acceptors (Lipinski definition) is 2.